The van der Waals surface area contributed by atoms with Gasteiger partial charge in [0.05, 0.1) is 19.8 Å². The van der Waals surface area contributed by atoms with Crippen LogP contribution in [-0.2, 0) is 14.2 Å². The van der Waals surface area contributed by atoms with E-state index in [1.165, 1.54) is 141 Å². The van der Waals surface area contributed by atoms with Crippen LogP contribution in [0.5, 0.6) is 0 Å². The van der Waals surface area contributed by atoms with Gasteiger partial charge in [-0.15, -0.1) is 0 Å². The van der Waals surface area contributed by atoms with Crippen LogP contribution in [0.2, 0.25) is 0 Å². The van der Waals surface area contributed by atoms with Gasteiger partial charge in [0.1, 0.15) is 36.4 Å². The Morgan fingerprint density at radius 3 is 0.737 bits per heavy atom. The predicted molar refractivity (Wildman–Crippen MR) is 242 cm³/mol. The molecule has 0 amide bonds. The largest absolute Gasteiger partial charge is 0.478 e. The first-order valence-corrected chi connectivity index (χ1v) is 24.3. The molecule has 0 saturated carbocycles. The van der Waals surface area contributed by atoms with Crippen molar-refractivity contribution >= 4 is 17.7 Å². The Morgan fingerprint density at radius 2 is 0.561 bits per heavy atom. The Labute approximate surface area is 351 Å². The minimum atomic E-state index is -0.340. The van der Waals surface area contributed by atoms with Gasteiger partial charge in [0.25, 0.3) is 0 Å². The summed E-state index contributed by atoms with van der Waals surface area (Å²) in [7, 11) is 0. The molecule has 336 valence electrons. The second kappa shape index (κ2) is 34.0. The third kappa shape index (κ3) is 23.6. The monoisotopic (exact) mass is 808 g/mol. The molecule has 0 fully saturated rings. The maximum absolute atomic E-state index is 9.41. The molecule has 0 aromatic heterocycles. The lowest BCUT2D eigenvalue weighted by Gasteiger charge is -2.17. The second-order valence-corrected chi connectivity index (χ2v) is 17.3. The summed E-state index contributed by atoms with van der Waals surface area (Å²) in [6, 6.07) is 0. The average Bonchev–Trinajstić information content (AvgIpc) is 3.99. The SMILES string of the molecule is CCCCCCCCC1=NC(CC)(CO)CO1.CCCCCCCCCC1=NC(CC)(CO)CO1.CCCCCCCCCCCCCC1=NC(CC)(CO)CO1. The van der Waals surface area contributed by atoms with Crippen molar-refractivity contribution in [3.8, 4) is 0 Å². The first-order valence-electron chi connectivity index (χ1n) is 24.3. The van der Waals surface area contributed by atoms with Gasteiger partial charge in [-0.05, 0) is 38.5 Å². The molecule has 3 unspecified atom stereocenters. The Morgan fingerprint density at radius 1 is 0.351 bits per heavy atom. The van der Waals surface area contributed by atoms with Crippen LogP contribution in [0.15, 0.2) is 15.0 Å². The maximum Gasteiger partial charge on any atom is 0.184 e. The van der Waals surface area contributed by atoms with Crippen molar-refractivity contribution < 1.29 is 29.5 Å². The Balaban J connectivity index is 0.000000432. The van der Waals surface area contributed by atoms with E-state index >= 15 is 0 Å². The number of aliphatic hydroxyl groups is 3. The third-order valence-corrected chi connectivity index (χ3v) is 12.2. The Bertz CT molecular complexity index is 1040. The Hall–Kier alpha value is -1.71. The summed E-state index contributed by atoms with van der Waals surface area (Å²) in [4.78, 5) is 13.7. The third-order valence-electron chi connectivity index (χ3n) is 12.2. The van der Waals surface area contributed by atoms with Crippen LogP contribution in [0.3, 0.4) is 0 Å². The molecular formula is C48H93N3O6. The number of ether oxygens (including phenoxy) is 3. The van der Waals surface area contributed by atoms with E-state index in [2.05, 4.69) is 56.5 Å². The number of nitrogens with zero attached hydrogens (tertiary/aromatic N) is 3. The van der Waals surface area contributed by atoms with Gasteiger partial charge >= 0.3 is 0 Å². The van der Waals surface area contributed by atoms with Crippen molar-refractivity contribution in [2.75, 3.05) is 39.6 Å². The summed E-state index contributed by atoms with van der Waals surface area (Å²) >= 11 is 0. The molecule has 0 bridgehead atoms. The minimum Gasteiger partial charge on any atom is -0.478 e. The zero-order valence-corrected chi connectivity index (χ0v) is 38.4. The van der Waals surface area contributed by atoms with Gasteiger partial charge in [-0.1, -0.05) is 176 Å². The number of aliphatic imine (C=N–C) groups is 3. The van der Waals surface area contributed by atoms with E-state index in [-0.39, 0.29) is 36.4 Å². The van der Waals surface area contributed by atoms with E-state index in [0.717, 1.165) is 69.1 Å². The van der Waals surface area contributed by atoms with Crippen LogP contribution >= 0.6 is 0 Å². The molecular weight excluding hydrogens is 715 g/mol. The quantitative estimate of drug-likeness (QED) is 0.0567. The van der Waals surface area contributed by atoms with Crippen molar-refractivity contribution in [1.29, 1.82) is 0 Å². The molecule has 0 aromatic rings. The molecule has 0 aromatic carbocycles. The van der Waals surface area contributed by atoms with Crippen molar-refractivity contribution in [3.05, 3.63) is 0 Å². The van der Waals surface area contributed by atoms with E-state index in [0.29, 0.717) is 19.8 Å². The van der Waals surface area contributed by atoms with E-state index in [1.807, 2.05) is 0 Å². The van der Waals surface area contributed by atoms with Gasteiger partial charge in [-0.25, -0.2) is 15.0 Å². The van der Waals surface area contributed by atoms with Crippen LogP contribution in [0, 0.1) is 0 Å². The lowest BCUT2D eigenvalue weighted by molar-refractivity contribution is 0.153. The first-order chi connectivity index (χ1) is 27.8. The lowest BCUT2D eigenvalue weighted by atomic mass is 10.0. The highest BCUT2D eigenvalue weighted by Gasteiger charge is 2.35. The normalized spacial score (nSPS) is 22.4. The van der Waals surface area contributed by atoms with Crippen molar-refractivity contribution in [3.63, 3.8) is 0 Å². The topological polar surface area (TPSA) is 125 Å². The van der Waals surface area contributed by atoms with Gasteiger partial charge in [0.15, 0.2) is 17.7 Å². The molecule has 57 heavy (non-hydrogen) atoms. The zero-order valence-electron chi connectivity index (χ0n) is 38.4. The van der Waals surface area contributed by atoms with Crippen LogP contribution in [0.4, 0.5) is 0 Å². The van der Waals surface area contributed by atoms with Crippen molar-refractivity contribution in [2.45, 2.75) is 251 Å². The number of aliphatic hydroxyl groups excluding tert-OH is 3. The van der Waals surface area contributed by atoms with Crippen LogP contribution in [-0.4, -0.2) is 89.3 Å². The van der Waals surface area contributed by atoms with E-state index in [4.69, 9.17) is 14.2 Å². The van der Waals surface area contributed by atoms with Crippen LogP contribution < -0.4 is 0 Å². The highest BCUT2D eigenvalue weighted by molar-refractivity contribution is 5.79. The summed E-state index contributed by atoms with van der Waals surface area (Å²) in [6.07, 6.45) is 37.2. The number of unbranched alkanes of at least 4 members (excludes halogenated alkanes) is 21. The summed E-state index contributed by atoms with van der Waals surface area (Å²) in [5.41, 5.74) is -1.01. The number of hydrogen-bond acceptors (Lipinski definition) is 9. The highest BCUT2D eigenvalue weighted by Crippen LogP contribution is 2.26. The molecule has 0 saturated heterocycles. The van der Waals surface area contributed by atoms with Crippen LogP contribution in [0.25, 0.3) is 0 Å². The second-order valence-electron chi connectivity index (χ2n) is 17.3. The fourth-order valence-corrected chi connectivity index (χ4v) is 7.38. The fraction of sp³-hybridized carbons (Fsp3) is 0.938. The smallest absolute Gasteiger partial charge is 0.184 e. The van der Waals surface area contributed by atoms with Gasteiger partial charge < -0.3 is 29.5 Å². The average molecular weight is 808 g/mol. The van der Waals surface area contributed by atoms with Crippen molar-refractivity contribution in [1.82, 2.24) is 0 Å². The molecule has 0 aliphatic carbocycles. The standard InChI is InChI=1S/C19H37NO2.C15H29NO2.C14H27NO2/c1-3-5-6-7-8-9-10-11-12-13-14-15-18-20-19(4-2,16-21)17-22-18;1-3-5-6-7-8-9-10-11-14-16-15(4-2,12-17)13-18-14;1-3-5-6-7-8-9-10-13-15-14(4-2,11-16)12-17-13/h21H,3-17H2,1-2H3;17H,3-13H2,1-2H3;16H,3-12H2,1-2H3. The van der Waals surface area contributed by atoms with E-state index in [1.54, 1.807) is 0 Å². The summed E-state index contributed by atoms with van der Waals surface area (Å²) in [5.74, 6) is 2.59. The first kappa shape index (κ1) is 53.3. The van der Waals surface area contributed by atoms with Crippen molar-refractivity contribution in [2.24, 2.45) is 15.0 Å². The van der Waals surface area contributed by atoms with Gasteiger partial charge in [-0.3, -0.25) is 0 Å². The molecule has 3 aliphatic heterocycles. The molecule has 0 spiro atoms. The predicted octanol–water partition coefficient (Wildman–Crippen LogP) is 12.3. The molecule has 3 rings (SSSR count). The number of hydrogen-bond donors (Lipinski definition) is 3. The summed E-state index contributed by atoms with van der Waals surface area (Å²) < 4.78 is 16.8. The minimum absolute atomic E-state index is 0.101. The molecule has 3 atom stereocenters. The molecule has 9 nitrogen and oxygen atoms in total. The molecule has 3 heterocycles. The van der Waals surface area contributed by atoms with Gasteiger partial charge in [0, 0.05) is 19.3 Å². The maximum atomic E-state index is 9.41. The summed E-state index contributed by atoms with van der Waals surface area (Å²) in [5, 5.41) is 28.1. The highest BCUT2D eigenvalue weighted by atomic mass is 16.5. The van der Waals surface area contributed by atoms with Crippen LogP contribution in [0.1, 0.15) is 234 Å². The van der Waals surface area contributed by atoms with E-state index in [9.17, 15) is 15.3 Å². The van der Waals surface area contributed by atoms with Gasteiger partial charge in [-0.2, -0.15) is 0 Å². The number of rotatable bonds is 33. The lowest BCUT2D eigenvalue weighted by Crippen LogP contribution is -2.31. The molecule has 3 aliphatic rings. The molecule has 3 N–H and O–H groups in total. The molecule has 9 heteroatoms. The van der Waals surface area contributed by atoms with Gasteiger partial charge in [0.2, 0.25) is 0 Å². The molecule has 0 radical (unpaired) electrons. The summed E-state index contributed by atoms with van der Waals surface area (Å²) in [6.45, 7) is 14.9. The Kier molecular flexibility index (Phi) is 31.8. The fourth-order valence-electron chi connectivity index (χ4n) is 7.38. The zero-order chi connectivity index (χ0) is 41.9. The van der Waals surface area contributed by atoms with E-state index < -0.39 is 0 Å².